The standard InChI is InChI=1S/C15H21FN2O/c16-13-4-2-1-3-11(13)14(7-17)18-8-10-5-6-15(19)12(10)9-18/h1-4,10,12,14-15,19H,5-9,17H2. The van der Waals surface area contributed by atoms with Crippen molar-refractivity contribution in [3.05, 3.63) is 35.6 Å². The second-order valence-corrected chi connectivity index (χ2v) is 5.80. The van der Waals surface area contributed by atoms with Crippen LogP contribution in [-0.4, -0.2) is 35.7 Å². The molecule has 1 aromatic carbocycles. The van der Waals surface area contributed by atoms with E-state index in [-0.39, 0.29) is 18.0 Å². The zero-order valence-corrected chi connectivity index (χ0v) is 11.0. The third kappa shape index (κ3) is 2.29. The Morgan fingerprint density at radius 2 is 2.11 bits per heavy atom. The van der Waals surface area contributed by atoms with Crippen LogP contribution in [0, 0.1) is 17.7 Å². The minimum absolute atomic E-state index is 0.0704. The molecule has 1 heterocycles. The molecule has 0 radical (unpaired) electrons. The lowest BCUT2D eigenvalue weighted by Crippen LogP contribution is -2.34. The quantitative estimate of drug-likeness (QED) is 0.870. The first-order valence-corrected chi connectivity index (χ1v) is 7.07. The number of fused-ring (bicyclic) bond motifs is 1. The van der Waals surface area contributed by atoms with Crippen molar-refractivity contribution in [2.24, 2.45) is 17.6 Å². The number of nitrogens with zero attached hydrogens (tertiary/aromatic N) is 1. The molecule has 4 atom stereocenters. The zero-order chi connectivity index (χ0) is 13.4. The van der Waals surface area contributed by atoms with Crippen molar-refractivity contribution in [1.29, 1.82) is 0 Å². The highest BCUT2D eigenvalue weighted by molar-refractivity contribution is 5.22. The number of hydrogen-bond acceptors (Lipinski definition) is 3. The summed E-state index contributed by atoms with van der Waals surface area (Å²) in [7, 11) is 0. The molecule has 3 N–H and O–H groups in total. The number of nitrogens with two attached hydrogens (primary N) is 1. The number of benzene rings is 1. The molecule has 1 saturated carbocycles. The number of aliphatic hydroxyl groups is 1. The van der Waals surface area contributed by atoms with Crippen molar-refractivity contribution < 1.29 is 9.50 Å². The number of hydrogen-bond donors (Lipinski definition) is 2. The van der Waals surface area contributed by atoms with Crippen LogP contribution in [0.1, 0.15) is 24.4 Å². The maximum Gasteiger partial charge on any atom is 0.128 e. The minimum Gasteiger partial charge on any atom is -0.393 e. The van der Waals surface area contributed by atoms with Crippen LogP contribution in [0.2, 0.25) is 0 Å². The van der Waals surface area contributed by atoms with Gasteiger partial charge in [0.05, 0.1) is 6.10 Å². The van der Waals surface area contributed by atoms with Gasteiger partial charge in [0.2, 0.25) is 0 Å². The van der Waals surface area contributed by atoms with Gasteiger partial charge in [0.15, 0.2) is 0 Å². The highest BCUT2D eigenvalue weighted by atomic mass is 19.1. The normalized spacial score (nSPS) is 32.5. The van der Waals surface area contributed by atoms with Crippen LogP contribution in [0.4, 0.5) is 4.39 Å². The third-order valence-electron chi connectivity index (χ3n) is 4.78. The summed E-state index contributed by atoms with van der Waals surface area (Å²) in [6.45, 7) is 2.18. The second-order valence-electron chi connectivity index (χ2n) is 5.80. The highest BCUT2D eigenvalue weighted by Crippen LogP contribution is 2.41. The number of aliphatic hydroxyl groups excluding tert-OH is 1. The van der Waals surface area contributed by atoms with E-state index in [0.29, 0.717) is 23.9 Å². The first-order chi connectivity index (χ1) is 9.20. The molecule has 1 aliphatic carbocycles. The fraction of sp³-hybridized carbons (Fsp3) is 0.600. The van der Waals surface area contributed by atoms with Crippen LogP contribution in [0.15, 0.2) is 24.3 Å². The lowest BCUT2D eigenvalue weighted by Gasteiger charge is -2.28. The first kappa shape index (κ1) is 13.0. The second kappa shape index (κ2) is 5.19. The van der Waals surface area contributed by atoms with Crippen molar-refractivity contribution >= 4 is 0 Å². The molecule has 0 bridgehead atoms. The van der Waals surface area contributed by atoms with Crippen molar-refractivity contribution in [3.63, 3.8) is 0 Å². The van der Waals surface area contributed by atoms with E-state index in [1.165, 1.54) is 6.07 Å². The van der Waals surface area contributed by atoms with E-state index in [9.17, 15) is 9.50 Å². The third-order valence-corrected chi connectivity index (χ3v) is 4.78. The predicted octanol–water partition coefficient (Wildman–Crippen LogP) is 1.53. The molecule has 1 aliphatic heterocycles. The summed E-state index contributed by atoms with van der Waals surface area (Å²) >= 11 is 0. The summed E-state index contributed by atoms with van der Waals surface area (Å²) in [6.07, 6.45) is 1.81. The van der Waals surface area contributed by atoms with Gasteiger partial charge in [-0.05, 0) is 24.8 Å². The Morgan fingerprint density at radius 1 is 1.32 bits per heavy atom. The Labute approximate surface area is 113 Å². The predicted molar refractivity (Wildman–Crippen MR) is 72.0 cm³/mol. The number of halogens is 1. The Bertz CT molecular complexity index is 454. The summed E-state index contributed by atoms with van der Waals surface area (Å²) in [6, 6.07) is 6.79. The van der Waals surface area contributed by atoms with E-state index in [1.807, 2.05) is 12.1 Å². The van der Waals surface area contributed by atoms with Gasteiger partial charge >= 0.3 is 0 Å². The van der Waals surface area contributed by atoms with Crippen LogP contribution in [0.25, 0.3) is 0 Å². The lowest BCUT2D eigenvalue weighted by molar-refractivity contribution is 0.118. The largest absolute Gasteiger partial charge is 0.393 e. The van der Waals surface area contributed by atoms with Crippen molar-refractivity contribution in [3.8, 4) is 0 Å². The molecule has 2 aliphatic rings. The summed E-state index contributed by atoms with van der Waals surface area (Å²) in [5.74, 6) is 0.715. The van der Waals surface area contributed by atoms with Crippen molar-refractivity contribution in [1.82, 2.24) is 4.90 Å². The highest BCUT2D eigenvalue weighted by Gasteiger charge is 2.43. The molecule has 0 aromatic heterocycles. The van der Waals surface area contributed by atoms with Gasteiger partial charge in [-0.3, -0.25) is 4.90 Å². The summed E-state index contributed by atoms with van der Waals surface area (Å²) in [5, 5.41) is 9.96. The summed E-state index contributed by atoms with van der Waals surface area (Å²) in [5.41, 5.74) is 6.55. The molecule has 104 valence electrons. The monoisotopic (exact) mass is 264 g/mol. The van der Waals surface area contributed by atoms with E-state index >= 15 is 0 Å². The van der Waals surface area contributed by atoms with E-state index < -0.39 is 0 Å². The van der Waals surface area contributed by atoms with Gasteiger partial charge in [0.1, 0.15) is 5.82 Å². The van der Waals surface area contributed by atoms with Gasteiger partial charge in [-0.25, -0.2) is 4.39 Å². The first-order valence-electron chi connectivity index (χ1n) is 7.07. The fourth-order valence-corrected chi connectivity index (χ4v) is 3.74. The maximum atomic E-state index is 13.9. The molecule has 1 aromatic rings. The molecule has 0 amide bonds. The molecule has 2 fully saturated rings. The van der Waals surface area contributed by atoms with Gasteiger partial charge in [0, 0.05) is 37.2 Å². The van der Waals surface area contributed by atoms with Gasteiger partial charge in [-0.1, -0.05) is 18.2 Å². The molecular formula is C15H21FN2O. The Hall–Kier alpha value is -0.970. The van der Waals surface area contributed by atoms with Gasteiger partial charge in [-0.2, -0.15) is 0 Å². The molecular weight excluding hydrogens is 243 g/mol. The fourth-order valence-electron chi connectivity index (χ4n) is 3.74. The lowest BCUT2D eigenvalue weighted by atomic mass is 10.00. The summed E-state index contributed by atoms with van der Waals surface area (Å²) in [4.78, 5) is 2.25. The van der Waals surface area contributed by atoms with Crippen LogP contribution in [0.3, 0.4) is 0 Å². The van der Waals surface area contributed by atoms with Gasteiger partial charge < -0.3 is 10.8 Å². The number of rotatable bonds is 3. The molecule has 4 heteroatoms. The van der Waals surface area contributed by atoms with Crippen LogP contribution < -0.4 is 5.73 Å². The Morgan fingerprint density at radius 3 is 2.79 bits per heavy atom. The van der Waals surface area contributed by atoms with Crippen LogP contribution >= 0.6 is 0 Å². The molecule has 19 heavy (non-hydrogen) atoms. The van der Waals surface area contributed by atoms with Crippen LogP contribution in [0.5, 0.6) is 0 Å². The van der Waals surface area contributed by atoms with Crippen molar-refractivity contribution in [2.75, 3.05) is 19.6 Å². The topological polar surface area (TPSA) is 49.5 Å². The molecule has 1 saturated heterocycles. The Kier molecular flexibility index (Phi) is 3.56. The van der Waals surface area contributed by atoms with E-state index in [0.717, 1.165) is 25.9 Å². The zero-order valence-electron chi connectivity index (χ0n) is 11.0. The SMILES string of the molecule is NCC(c1ccccc1F)N1CC2CCC(O)C2C1. The van der Waals surface area contributed by atoms with Crippen LogP contribution in [-0.2, 0) is 0 Å². The number of likely N-dealkylation sites (tertiary alicyclic amines) is 1. The molecule has 4 unspecified atom stereocenters. The average molecular weight is 264 g/mol. The van der Waals surface area contributed by atoms with E-state index in [4.69, 9.17) is 5.73 Å². The average Bonchev–Trinajstić information content (AvgIpc) is 2.96. The van der Waals surface area contributed by atoms with Gasteiger partial charge in [-0.15, -0.1) is 0 Å². The smallest absolute Gasteiger partial charge is 0.128 e. The molecule has 3 rings (SSSR count). The van der Waals surface area contributed by atoms with E-state index in [1.54, 1.807) is 6.07 Å². The molecule has 3 nitrogen and oxygen atoms in total. The molecule has 0 spiro atoms. The van der Waals surface area contributed by atoms with E-state index in [2.05, 4.69) is 4.90 Å². The maximum absolute atomic E-state index is 13.9. The van der Waals surface area contributed by atoms with Crippen molar-refractivity contribution in [2.45, 2.75) is 25.0 Å². The Balaban J connectivity index is 1.79. The van der Waals surface area contributed by atoms with Gasteiger partial charge in [0.25, 0.3) is 0 Å². The summed E-state index contributed by atoms with van der Waals surface area (Å²) < 4.78 is 13.9. The minimum atomic E-state index is -0.186.